The second-order valence-corrected chi connectivity index (χ2v) is 4.45. The van der Waals surface area contributed by atoms with Crippen LogP contribution in [-0.2, 0) is 4.79 Å². The number of hydrogen-bond acceptors (Lipinski definition) is 4. The molecule has 0 spiro atoms. The standard InChI is InChI=1S/C10H15N3O2S/c1-6(2)12-9(14)7(3)13-10(15)8-4-16-5-11-8/h4-7H,1-3H3,(H,12,14)(H,13,15). The first kappa shape index (κ1) is 12.6. The molecule has 1 aromatic rings. The van der Waals surface area contributed by atoms with Crippen LogP contribution >= 0.6 is 11.3 Å². The summed E-state index contributed by atoms with van der Waals surface area (Å²) in [7, 11) is 0. The van der Waals surface area contributed by atoms with Gasteiger partial charge in [-0.25, -0.2) is 4.98 Å². The molecule has 1 aromatic heterocycles. The summed E-state index contributed by atoms with van der Waals surface area (Å²) in [6.07, 6.45) is 0. The minimum absolute atomic E-state index is 0.0612. The quantitative estimate of drug-likeness (QED) is 0.818. The highest BCUT2D eigenvalue weighted by Crippen LogP contribution is 2.00. The van der Waals surface area contributed by atoms with E-state index in [9.17, 15) is 9.59 Å². The van der Waals surface area contributed by atoms with Crippen LogP contribution in [0.1, 0.15) is 31.3 Å². The summed E-state index contributed by atoms with van der Waals surface area (Å²) in [5, 5.41) is 6.94. The van der Waals surface area contributed by atoms with Gasteiger partial charge in [0, 0.05) is 11.4 Å². The van der Waals surface area contributed by atoms with Crippen molar-refractivity contribution in [2.45, 2.75) is 32.9 Å². The van der Waals surface area contributed by atoms with Crippen molar-refractivity contribution in [3.8, 4) is 0 Å². The van der Waals surface area contributed by atoms with E-state index in [-0.39, 0.29) is 17.9 Å². The molecular formula is C10H15N3O2S. The lowest BCUT2D eigenvalue weighted by atomic mass is 10.2. The molecule has 0 aliphatic carbocycles. The van der Waals surface area contributed by atoms with Gasteiger partial charge in [0.1, 0.15) is 11.7 Å². The number of carbonyl (C=O) groups excluding carboxylic acids is 2. The Morgan fingerprint density at radius 2 is 2.00 bits per heavy atom. The molecule has 2 amide bonds. The smallest absolute Gasteiger partial charge is 0.271 e. The summed E-state index contributed by atoms with van der Waals surface area (Å²) < 4.78 is 0. The van der Waals surface area contributed by atoms with Crippen LogP contribution < -0.4 is 10.6 Å². The van der Waals surface area contributed by atoms with Crippen LogP contribution in [0.15, 0.2) is 10.9 Å². The molecule has 0 aliphatic heterocycles. The highest BCUT2D eigenvalue weighted by atomic mass is 32.1. The van der Waals surface area contributed by atoms with Crippen LogP contribution in [0.25, 0.3) is 0 Å². The highest BCUT2D eigenvalue weighted by Gasteiger charge is 2.17. The summed E-state index contributed by atoms with van der Waals surface area (Å²) in [6, 6.07) is -0.497. The molecule has 1 rings (SSSR count). The fraction of sp³-hybridized carbons (Fsp3) is 0.500. The van der Waals surface area contributed by atoms with Gasteiger partial charge in [-0.3, -0.25) is 9.59 Å². The molecule has 0 bridgehead atoms. The van der Waals surface area contributed by atoms with E-state index >= 15 is 0 Å². The first-order valence-electron chi connectivity index (χ1n) is 5.00. The Morgan fingerprint density at radius 3 is 2.50 bits per heavy atom. The Morgan fingerprint density at radius 1 is 1.31 bits per heavy atom. The van der Waals surface area contributed by atoms with E-state index in [2.05, 4.69) is 15.6 Å². The van der Waals surface area contributed by atoms with Crippen molar-refractivity contribution >= 4 is 23.2 Å². The summed E-state index contributed by atoms with van der Waals surface area (Å²) in [5.74, 6) is -0.522. The number of carbonyl (C=O) groups is 2. The number of rotatable bonds is 4. The number of nitrogens with zero attached hydrogens (tertiary/aromatic N) is 1. The number of hydrogen-bond donors (Lipinski definition) is 2. The Balaban J connectivity index is 2.48. The van der Waals surface area contributed by atoms with Gasteiger partial charge in [0.25, 0.3) is 5.91 Å². The van der Waals surface area contributed by atoms with Gasteiger partial charge in [-0.15, -0.1) is 11.3 Å². The Kier molecular flexibility index (Phi) is 4.42. The molecule has 0 aromatic carbocycles. The van der Waals surface area contributed by atoms with Crippen molar-refractivity contribution in [1.29, 1.82) is 0 Å². The van der Waals surface area contributed by atoms with E-state index in [1.165, 1.54) is 11.3 Å². The van der Waals surface area contributed by atoms with Crippen LogP contribution in [0, 0.1) is 0 Å². The molecule has 1 heterocycles. The van der Waals surface area contributed by atoms with Crippen molar-refractivity contribution in [2.24, 2.45) is 0 Å². The molecule has 5 nitrogen and oxygen atoms in total. The summed E-state index contributed by atoms with van der Waals surface area (Å²) in [6.45, 7) is 5.38. The normalized spacial score (nSPS) is 12.2. The fourth-order valence-electron chi connectivity index (χ4n) is 1.07. The monoisotopic (exact) mass is 241 g/mol. The number of nitrogens with one attached hydrogen (secondary N) is 2. The summed E-state index contributed by atoms with van der Waals surface area (Å²) in [5.41, 5.74) is 1.92. The average molecular weight is 241 g/mol. The maximum Gasteiger partial charge on any atom is 0.271 e. The molecule has 88 valence electrons. The van der Waals surface area contributed by atoms with Gasteiger partial charge in [-0.05, 0) is 20.8 Å². The van der Waals surface area contributed by atoms with Crippen molar-refractivity contribution in [2.75, 3.05) is 0 Å². The van der Waals surface area contributed by atoms with Gasteiger partial charge >= 0.3 is 0 Å². The van der Waals surface area contributed by atoms with E-state index in [4.69, 9.17) is 0 Å². The van der Waals surface area contributed by atoms with Gasteiger partial charge in [0.2, 0.25) is 5.91 Å². The molecule has 2 N–H and O–H groups in total. The molecule has 0 saturated carbocycles. The zero-order valence-electron chi connectivity index (χ0n) is 9.48. The molecule has 0 fully saturated rings. The molecule has 6 heteroatoms. The lowest BCUT2D eigenvalue weighted by Gasteiger charge is -2.15. The van der Waals surface area contributed by atoms with Crippen LogP contribution in [-0.4, -0.2) is 28.9 Å². The molecule has 0 aliphatic rings. The van der Waals surface area contributed by atoms with Gasteiger partial charge in [0.15, 0.2) is 0 Å². The van der Waals surface area contributed by atoms with Crippen LogP contribution in [0.2, 0.25) is 0 Å². The third-order valence-corrected chi connectivity index (χ3v) is 2.42. The van der Waals surface area contributed by atoms with E-state index in [0.29, 0.717) is 5.69 Å². The summed E-state index contributed by atoms with van der Waals surface area (Å²) in [4.78, 5) is 26.9. The van der Waals surface area contributed by atoms with E-state index in [1.54, 1.807) is 17.8 Å². The van der Waals surface area contributed by atoms with Crippen LogP contribution in [0.4, 0.5) is 0 Å². The molecule has 0 radical (unpaired) electrons. The lowest BCUT2D eigenvalue weighted by molar-refractivity contribution is -0.123. The molecule has 1 atom stereocenters. The van der Waals surface area contributed by atoms with Gasteiger partial charge in [-0.1, -0.05) is 0 Å². The predicted molar refractivity (Wildman–Crippen MR) is 62.3 cm³/mol. The molecule has 16 heavy (non-hydrogen) atoms. The predicted octanol–water partition coefficient (Wildman–Crippen LogP) is 0.786. The van der Waals surface area contributed by atoms with E-state index in [1.807, 2.05) is 13.8 Å². The fourth-order valence-corrected chi connectivity index (χ4v) is 1.60. The second-order valence-electron chi connectivity index (χ2n) is 3.73. The molecule has 1 unspecified atom stereocenters. The average Bonchev–Trinajstić information content (AvgIpc) is 2.68. The van der Waals surface area contributed by atoms with Gasteiger partial charge in [0.05, 0.1) is 5.51 Å². The summed E-state index contributed by atoms with van der Waals surface area (Å²) >= 11 is 1.34. The van der Waals surface area contributed by atoms with Crippen molar-refractivity contribution in [3.63, 3.8) is 0 Å². The lowest BCUT2D eigenvalue weighted by Crippen LogP contribution is -2.46. The largest absolute Gasteiger partial charge is 0.352 e. The number of aromatic nitrogens is 1. The zero-order valence-corrected chi connectivity index (χ0v) is 10.3. The molecular weight excluding hydrogens is 226 g/mol. The van der Waals surface area contributed by atoms with E-state index in [0.717, 1.165) is 0 Å². The van der Waals surface area contributed by atoms with Crippen molar-refractivity contribution < 1.29 is 9.59 Å². The maximum atomic E-state index is 11.6. The highest BCUT2D eigenvalue weighted by molar-refractivity contribution is 7.07. The minimum atomic E-state index is -0.559. The molecule has 0 saturated heterocycles. The Bertz CT molecular complexity index is 362. The minimum Gasteiger partial charge on any atom is -0.352 e. The Labute approximate surface area is 98.3 Å². The SMILES string of the molecule is CC(C)NC(=O)C(C)NC(=O)c1cscn1. The van der Waals surface area contributed by atoms with Gasteiger partial charge < -0.3 is 10.6 Å². The topological polar surface area (TPSA) is 71.1 Å². The van der Waals surface area contributed by atoms with Gasteiger partial charge in [-0.2, -0.15) is 0 Å². The number of amides is 2. The number of thiazole rings is 1. The van der Waals surface area contributed by atoms with Crippen LogP contribution in [0.3, 0.4) is 0 Å². The maximum absolute atomic E-state index is 11.6. The van der Waals surface area contributed by atoms with Crippen molar-refractivity contribution in [1.82, 2.24) is 15.6 Å². The Hall–Kier alpha value is -1.43. The van der Waals surface area contributed by atoms with E-state index < -0.39 is 6.04 Å². The second kappa shape index (κ2) is 5.60. The zero-order chi connectivity index (χ0) is 12.1. The van der Waals surface area contributed by atoms with Crippen LogP contribution in [0.5, 0.6) is 0 Å². The first-order valence-corrected chi connectivity index (χ1v) is 5.94. The third kappa shape index (κ3) is 3.62. The third-order valence-electron chi connectivity index (χ3n) is 1.84. The van der Waals surface area contributed by atoms with Crippen molar-refractivity contribution in [3.05, 3.63) is 16.6 Å². The first-order chi connectivity index (χ1) is 7.50.